The van der Waals surface area contributed by atoms with Gasteiger partial charge in [-0.25, -0.2) is 14.6 Å². The van der Waals surface area contributed by atoms with Crippen LogP contribution in [0.1, 0.15) is 20.9 Å². The summed E-state index contributed by atoms with van der Waals surface area (Å²) < 4.78 is 6.51. The van der Waals surface area contributed by atoms with Gasteiger partial charge in [0.15, 0.2) is 0 Å². The second-order valence-corrected chi connectivity index (χ2v) is 9.51. The molecule has 2 aromatic carbocycles. The number of amides is 1. The van der Waals surface area contributed by atoms with Crippen LogP contribution in [0.15, 0.2) is 82.4 Å². The van der Waals surface area contributed by atoms with Crippen LogP contribution in [-0.2, 0) is 0 Å². The van der Waals surface area contributed by atoms with Crippen LogP contribution in [0.4, 0.5) is 0 Å². The van der Waals surface area contributed by atoms with E-state index in [-0.39, 0.29) is 11.3 Å². The Kier molecular flexibility index (Phi) is 5.19. The maximum absolute atomic E-state index is 13.5. The molecule has 0 saturated heterocycles. The molecule has 0 aliphatic carbocycles. The van der Waals surface area contributed by atoms with Gasteiger partial charge in [0.1, 0.15) is 11.2 Å². The van der Waals surface area contributed by atoms with Gasteiger partial charge < -0.3 is 4.52 Å². The molecule has 0 aliphatic rings. The fraction of sp³-hybridized carbons (Fsp3) is 0.0741. The standard InChI is InChI=1S/C27H19N5O3S/c1-15-21-19(13-20(29-25(21)35-31-15)17-9-5-3-6-10-17)24(33)30-32-14-28-26-23(27(32)34)22(16(2)36-26)18-11-7-4-8-12-18/h3-14H,1-2H3,(H,30,33). The summed E-state index contributed by atoms with van der Waals surface area (Å²) in [5.41, 5.74) is 6.56. The van der Waals surface area contributed by atoms with E-state index in [1.807, 2.05) is 67.6 Å². The minimum Gasteiger partial charge on any atom is -0.335 e. The summed E-state index contributed by atoms with van der Waals surface area (Å²) in [6.07, 6.45) is 1.34. The number of aromatic nitrogens is 4. The van der Waals surface area contributed by atoms with Crippen LogP contribution in [0.3, 0.4) is 0 Å². The van der Waals surface area contributed by atoms with Gasteiger partial charge in [-0.1, -0.05) is 65.8 Å². The van der Waals surface area contributed by atoms with Gasteiger partial charge >= 0.3 is 0 Å². The Bertz CT molecular complexity index is 1820. The summed E-state index contributed by atoms with van der Waals surface area (Å²) in [6, 6.07) is 20.8. The van der Waals surface area contributed by atoms with Crippen LogP contribution in [0, 0.1) is 13.8 Å². The lowest BCUT2D eigenvalue weighted by molar-refractivity contribution is 0.101. The Balaban J connectivity index is 1.46. The Morgan fingerprint density at radius 2 is 1.67 bits per heavy atom. The summed E-state index contributed by atoms with van der Waals surface area (Å²) in [7, 11) is 0. The number of carbonyl (C=O) groups is 1. The molecule has 4 aromatic heterocycles. The number of rotatable bonds is 4. The number of hydrogen-bond donors (Lipinski definition) is 1. The van der Waals surface area contributed by atoms with E-state index in [0.29, 0.717) is 32.6 Å². The van der Waals surface area contributed by atoms with Gasteiger partial charge in [-0.05, 0) is 25.5 Å². The minimum atomic E-state index is -0.498. The second kappa shape index (κ2) is 8.54. The van der Waals surface area contributed by atoms with Crippen molar-refractivity contribution < 1.29 is 9.32 Å². The molecule has 8 nitrogen and oxygen atoms in total. The molecule has 0 fully saturated rings. The van der Waals surface area contributed by atoms with E-state index in [4.69, 9.17) is 4.52 Å². The highest BCUT2D eigenvalue weighted by Gasteiger charge is 2.22. The van der Waals surface area contributed by atoms with E-state index < -0.39 is 5.91 Å². The molecule has 6 aromatic rings. The summed E-state index contributed by atoms with van der Waals surface area (Å²) in [4.78, 5) is 37.6. The normalized spacial score (nSPS) is 11.3. The zero-order valence-electron chi connectivity index (χ0n) is 19.4. The molecule has 0 bridgehead atoms. The third kappa shape index (κ3) is 3.57. The average molecular weight is 494 g/mol. The van der Waals surface area contributed by atoms with Gasteiger partial charge in [0, 0.05) is 16.0 Å². The first-order chi connectivity index (χ1) is 17.5. The molecule has 0 saturated carbocycles. The number of pyridine rings is 1. The third-order valence-electron chi connectivity index (χ3n) is 6.00. The van der Waals surface area contributed by atoms with Crippen molar-refractivity contribution in [1.82, 2.24) is 19.8 Å². The fourth-order valence-electron chi connectivity index (χ4n) is 4.33. The van der Waals surface area contributed by atoms with Crippen molar-refractivity contribution in [2.75, 3.05) is 5.43 Å². The molecular weight excluding hydrogens is 474 g/mol. The van der Waals surface area contributed by atoms with Crippen molar-refractivity contribution >= 4 is 38.6 Å². The van der Waals surface area contributed by atoms with Gasteiger partial charge in [0.25, 0.3) is 17.2 Å². The van der Waals surface area contributed by atoms with Crippen LogP contribution in [0.25, 0.3) is 43.7 Å². The number of nitrogens with zero attached hydrogens (tertiary/aromatic N) is 4. The Morgan fingerprint density at radius 3 is 2.39 bits per heavy atom. The average Bonchev–Trinajstić information content (AvgIpc) is 3.45. The molecule has 0 radical (unpaired) electrons. The van der Waals surface area contributed by atoms with Crippen molar-refractivity contribution in [3.8, 4) is 22.4 Å². The van der Waals surface area contributed by atoms with Crippen LogP contribution < -0.4 is 11.0 Å². The highest BCUT2D eigenvalue weighted by Crippen LogP contribution is 2.35. The summed E-state index contributed by atoms with van der Waals surface area (Å²) in [5, 5.41) is 4.95. The van der Waals surface area contributed by atoms with Gasteiger partial charge in [0.2, 0.25) is 0 Å². The smallest absolute Gasteiger partial charge is 0.281 e. The van der Waals surface area contributed by atoms with Crippen LogP contribution in [-0.4, -0.2) is 25.7 Å². The molecule has 9 heteroatoms. The molecule has 176 valence electrons. The number of fused-ring (bicyclic) bond motifs is 2. The van der Waals surface area contributed by atoms with Crippen LogP contribution in [0.2, 0.25) is 0 Å². The molecule has 0 spiro atoms. The maximum Gasteiger partial charge on any atom is 0.281 e. The molecule has 6 rings (SSSR count). The van der Waals surface area contributed by atoms with Crippen molar-refractivity contribution in [2.24, 2.45) is 0 Å². The number of hydrogen-bond acceptors (Lipinski definition) is 7. The lowest BCUT2D eigenvalue weighted by Crippen LogP contribution is -2.33. The summed E-state index contributed by atoms with van der Waals surface area (Å²) in [5.74, 6) is -0.498. The first-order valence-electron chi connectivity index (χ1n) is 11.2. The predicted octanol–water partition coefficient (Wildman–Crippen LogP) is 5.33. The predicted molar refractivity (Wildman–Crippen MR) is 140 cm³/mol. The molecule has 0 unspecified atom stereocenters. The molecule has 36 heavy (non-hydrogen) atoms. The van der Waals surface area contributed by atoms with Crippen molar-refractivity contribution in [1.29, 1.82) is 0 Å². The van der Waals surface area contributed by atoms with E-state index in [1.54, 1.807) is 13.0 Å². The maximum atomic E-state index is 13.5. The van der Waals surface area contributed by atoms with Gasteiger partial charge in [0.05, 0.1) is 27.7 Å². The van der Waals surface area contributed by atoms with Gasteiger partial charge in [-0.3, -0.25) is 15.0 Å². The highest BCUT2D eigenvalue weighted by atomic mass is 32.1. The Labute approximate surface area is 208 Å². The van der Waals surface area contributed by atoms with Gasteiger partial charge in [-0.2, -0.15) is 0 Å². The zero-order valence-corrected chi connectivity index (χ0v) is 20.2. The Morgan fingerprint density at radius 1 is 0.972 bits per heavy atom. The minimum absolute atomic E-state index is 0.250. The lowest BCUT2D eigenvalue weighted by Gasteiger charge is -2.10. The van der Waals surface area contributed by atoms with Crippen LogP contribution >= 0.6 is 11.3 Å². The topological polar surface area (TPSA) is 103 Å². The monoisotopic (exact) mass is 493 g/mol. The number of aryl methyl sites for hydroxylation is 2. The van der Waals surface area contributed by atoms with Gasteiger partial charge in [-0.15, -0.1) is 11.3 Å². The lowest BCUT2D eigenvalue weighted by atomic mass is 10.0. The first-order valence-corrected chi connectivity index (χ1v) is 12.0. The number of benzene rings is 2. The van der Waals surface area contributed by atoms with Crippen molar-refractivity contribution in [3.63, 3.8) is 0 Å². The number of carbonyl (C=O) groups excluding carboxylic acids is 1. The number of nitrogens with one attached hydrogen (secondary N) is 1. The zero-order chi connectivity index (χ0) is 24.8. The quantitative estimate of drug-likeness (QED) is 0.356. The fourth-order valence-corrected chi connectivity index (χ4v) is 5.34. The van der Waals surface area contributed by atoms with E-state index in [9.17, 15) is 9.59 Å². The van der Waals surface area contributed by atoms with E-state index in [1.165, 1.54) is 17.7 Å². The molecule has 0 atom stereocenters. The Hall–Kier alpha value is -4.63. The van der Waals surface area contributed by atoms with E-state index in [2.05, 4.69) is 20.6 Å². The highest BCUT2D eigenvalue weighted by molar-refractivity contribution is 7.19. The van der Waals surface area contributed by atoms with Crippen molar-refractivity contribution in [2.45, 2.75) is 13.8 Å². The SMILES string of the molecule is Cc1sc2ncn(NC(=O)c3cc(-c4ccccc4)nc4onc(C)c34)c(=O)c2c1-c1ccccc1. The van der Waals surface area contributed by atoms with Crippen LogP contribution in [0.5, 0.6) is 0 Å². The largest absolute Gasteiger partial charge is 0.335 e. The number of thiophene rings is 1. The molecule has 1 amide bonds. The molecule has 1 N–H and O–H groups in total. The summed E-state index contributed by atoms with van der Waals surface area (Å²) in [6.45, 7) is 3.71. The first kappa shape index (κ1) is 21.9. The summed E-state index contributed by atoms with van der Waals surface area (Å²) >= 11 is 1.45. The third-order valence-corrected chi connectivity index (χ3v) is 7.02. The molecule has 0 aliphatic heterocycles. The second-order valence-electron chi connectivity index (χ2n) is 8.31. The van der Waals surface area contributed by atoms with E-state index >= 15 is 0 Å². The molecule has 4 heterocycles. The van der Waals surface area contributed by atoms with Crippen molar-refractivity contribution in [3.05, 3.63) is 99.5 Å². The molecular formula is C27H19N5O3S. The van der Waals surface area contributed by atoms with E-state index in [0.717, 1.165) is 26.2 Å².